The number of amides is 3. The number of likely N-dealkylation sites (N-methyl/N-ethyl adjacent to an activating group) is 2. The van der Waals surface area contributed by atoms with Crippen LogP contribution in [0.15, 0.2) is 0 Å². The molecule has 0 bridgehead atoms. The molecule has 88 valence electrons. The summed E-state index contributed by atoms with van der Waals surface area (Å²) >= 11 is 0. The average Bonchev–Trinajstić information content (AvgIpc) is 2.38. The largest absolute Gasteiger partial charge is 0.327 e. The number of imide groups is 1. The van der Waals surface area contributed by atoms with Gasteiger partial charge in [-0.1, -0.05) is 0 Å². The molecular weight excluding hydrogens is 206 g/mol. The standard InChI is InChI=1S/C11H17N3O2/c1-13-9(15)11(14(2)10(13)16)5-6-12-8-4-3-7(8)11/h7-8,12H,3-6H2,1-2H3. The highest BCUT2D eigenvalue weighted by Gasteiger charge is 2.63. The second kappa shape index (κ2) is 2.97. The zero-order valence-corrected chi connectivity index (χ0v) is 9.69. The van der Waals surface area contributed by atoms with E-state index in [2.05, 4.69) is 5.32 Å². The monoisotopic (exact) mass is 223 g/mol. The molecule has 1 aliphatic carbocycles. The number of carbonyl (C=O) groups is 2. The van der Waals surface area contributed by atoms with Crippen LogP contribution in [0, 0.1) is 5.92 Å². The van der Waals surface area contributed by atoms with E-state index in [1.54, 1.807) is 19.0 Å². The normalized spacial score (nSPS) is 42.6. The molecule has 3 aliphatic rings. The maximum Gasteiger partial charge on any atom is 0.327 e. The smallest absolute Gasteiger partial charge is 0.313 e. The molecule has 3 atom stereocenters. The molecule has 1 spiro atoms. The number of hydrogen-bond acceptors (Lipinski definition) is 3. The van der Waals surface area contributed by atoms with Crippen LogP contribution in [-0.2, 0) is 4.79 Å². The SMILES string of the molecule is CN1C(=O)N(C)C2(CCNC3CCC32)C1=O. The van der Waals surface area contributed by atoms with Crippen LogP contribution in [0.25, 0.3) is 0 Å². The Bertz CT molecular complexity index is 370. The van der Waals surface area contributed by atoms with E-state index < -0.39 is 5.54 Å². The number of rotatable bonds is 0. The van der Waals surface area contributed by atoms with Crippen molar-refractivity contribution in [2.24, 2.45) is 5.92 Å². The predicted molar refractivity (Wildman–Crippen MR) is 57.8 cm³/mol. The van der Waals surface area contributed by atoms with Crippen molar-refractivity contribution in [2.45, 2.75) is 30.8 Å². The summed E-state index contributed by atoms with van der Waals surface area (Å²) in [5.41, 5.74) is -0.542. The first-order valence-corrected chi connectivity index (χ1v) is 5.88. The summed E-state index contributed by atoms with van der Waals surface area (Å²) in [7, 11) is 3.36. The van der Waals surface area contributed by atoms with E-state index >= 15 is 0 Å². The first-order chi connectivity index (χ1) is 7.59. The molecule has 0 aromatic heterocycles. The second-order valence-electron chi connectivity index (χ2n) is 5.12. The molecule has 0 aromatic carbocycles. The lowest BCUT2D eigenvalue weighted by Gasteiger charge is -2.53. The number of urea groups is 1. The van der Waals surface area contributed by atoms with E-state index in [0.29, 0.717) is 12.0 Å². The van der Waals surface area contributed by atoms with Crippen molar-refractivity contribution >= 4 is 11.9 Å². The Morgan fingerprint density at radius 1 is 1.31 bits per heavy atom. The Hall–Kier alpha value is -1.10. The molecule has 2 heterocycles. The topological polar surface area (TPSA) is 52.7 Å². The molecule has 2 saturated heterocycles. The van der Waals surface area contributed by atoms with E-state index in [1.807, 2.05) is 0 Å². The Morgan fingerprint density at radius 3 is 2.56 bits per heavy atom. The van der Waals surface area contributed by atoms with Gasteiger partial charge in [-0.2, -0.15) is 0 Å². The van der Waals surface area contributed by atoms with Crippen LogP contribution in [0.4, 0.5) is 4.79 Å². The van der Waals surface area contributed by atoms with E-state index in [-0.39, 0.29) is 11.9 Å². The van der Waals surface area contributed by atoms with Crippen LogP contribution >= 0.6 is 0 Å². The second-order valence-corrected chi connectivity index (χ2v) is 5.12. The third-order valence-corrected chi connectivity index (χ3v) is 4.65. The lowest BCUT2D eigenvalue weighted by Crippen LogP contribution is -2.68. The van der Waals surface area contributed by atoms with E-state index in [9.17, 15) is 9.59 Å². The van der Waals surface area contributed by atoms with Crippen molar-refractivity contribution in [3.05, 3.63) is 0 Å². The summed E-state index contributed by atoms with van der Waals surface area (Å²) in [5, 5.41) is 3.43. The van der Waals surface area contributed by atoms with Gasteiger partial charge in [-0.25, -0.2) is 4.79 Å². The van der Waals surface area contributed by atoms with Gasteiger partial charge in [0.2, 0.25) is 0 Å². The van der Waals surface area contributed by atoms with E-state index in [1.165, 1.54) is 4.90 Å². The van der Waals surface area contributed by atoms with Crippen LogP contribution in [0.3, 0.4) is 0 Å². The maximum absolute atomic E-state index is 12.3. The quantitative estimate of drug-likeness (QED) is 0.589. The van der Waals surface area contributed by atoms with Crippen LogP contribution < -0.4 is 5.32 Å². The lowest BCUT2D eigenvalue weighted by atomic mass is 9.63. The minimum Gasteiger partial charge on any atom is -0.313 e. The van der Waals surface area contributed by atoms with Crippen molar-refractivity contribution in [2.75, 3.05) is 20.6 Å². The first kappa shape index (κ1) is 10.1. The molecule has 5 heteroatoms. The molecular formula is C11H17N3O2. The first-order valence-electron chi connectivity index (χ1n) is 5.88. The summed E-state index contributed by atoms with van der Waals surface area (Å²) in [4.78, 5) is 27.2. The van der Waals surface area contributed by atoms with Gasteiger partial charge in [-0.05, 0) is 25.8 Å². The maximum atomic E-state index is 12.3. The Kier molecular flexibility index (Phi) is 1.87. The van der Waals surface area contributed by atoms with Crippen LogP contribution in [-0.4, -0.2) is 54.0 Å². The van der Waals surface area contributed by atoms with Gasteiger partial charge in [0.1, 0.15) is 5.54 Å². The lowest BCUT2D eigenvalue weighted by molar-refractivity contribution is -0.140. The molecule has 2 aliphatic heterocycles. The van der Waals surface area contributed by atoms with Crippen molar-refractivity contribution in [1.29, 1.82) is 0 Å². The number of fused-ring (bicyclic) bond motifs is 2. The third kappa shape index (κ3) is 0.906. The molecule has 3 rings (SSSR count). The van der Waals surface area contributed by atoms with E-state index in [0.717, 1.165) is 25.8 Å². The van der Waals surface area contributed by atoms with Gasteiger partial charge in [0, 0.05) is 26.1 Å². The van der Waals surface area contributed by atoms with Crippen molar-refractivity contribution in [3.8, 4) is 0 Å². The number of hydrogen-bond donors (Lipinski definition) is 1. The fourth-order valence-electron chi connectivity index (χ4n) is 3.55. The number of nitrogens with one attached hydrogen (secondary N) is 1. The summed E-state index contributed by atoms with van der Waals surface area (Å²) in [5.74, 6) is 0.309. The summed E-state index contributed by atoms with van der Waals surface area (Å²) in [6.07, 6.45) is 2.93. The molecule has 16 heavy (non-hydrogen) atoms. The molecule has 1 saturated carbocycles. The Balaban J connectivity index is 2.02. The highest BCUT2D eigenvalue weighted by molar-refractivity contribution is 6.07. The fraction of sp³-hybridized carbons (Fsp3) is 0.818. The zero-order chi connectivity index (χ0) is 11.5. The Labute approximate surface area is 94.8 Å². The molecule has 1 N–H and O–H groups in total. The fourth-order valence-corrected chi connectivity index (χ4v) is 3.55. The molecule has 3 fully saturated rings. The zero-order valence-electron chi connectivity index (χ0n) is 9.69. The van der Waals surface area contributed by atoms with Crippen LogP contribution in [0.2, 0.25) is 0 Å². The molecule has 3 unspecified atom stereocenters. The highest BCUT2D eigenvalue weighted by Crippen LogP contribution is 2.47. The van der Waals surface area contributed by atoms with Gasteiger partial charge in [-0.3, -0.25) is 9.69 Å². The summed E-state index contributed by atoms with van der Waals surface area (Å²) in [6.45, 7) is 0.832. The molecule has 0 radical (unpaired) electrons. The van der Waals surface area contributed by atoms with Gasteiger partial charge in [0.15, 0.2) is 0 Å². The van der Waals surface area contributed by atoms with Crippen molar-refractivity contribution in [3.63, 3.8) is 0 Å². The molecule has 3 amide bonds. The van der Waals surface area contributed by atoms with E-state index in [4.69, 9.17) is 0 Å². The van der Waals surface area contributed by atoms with Gasteiger partial charge in [0.05, 0.1) is 0 Å². The summed E-state index contributed by atoms with van der Waals surface area (Å²) < 4.78 is 0. The highest BCUT2D eigenvalue weighted by atomic mass is 16.2. The van der Waals surface area contributed by atoms with Crippen LogP contribution in [0.5, 0.6) is 0 Å². The molecule has 5 nitrogen and oxygen atoms in total. The van der Waals surface area contributed by atoms with Crippen molar-refractivity contribution in [1.82, 2.24) is 15.1 Å². The van der Waals surface area contributed by atoms with Gasteiger partial charge in [-0.15, -0.1) is 0 Å². The summed E-state index contributed by atoms with van der Waals surface area (Å²) in [6, 6.07) is 0.275. The molecule has 0 aromatic rings. The van der Waals surface area contributed by atoms with Gasteiger partial charge >= 0.3 is 6.03 Å². The van der Waals surface area contributed by atoms with Gasteiger partial charge < -0.3 is 10.2 Å². The number of carbonyl (C=O) groups excluding carboxylic acids is 2. The Morgan fingerprint density at radius 2 is 2.06 bits per heavy atom. The third-order valence-electron chi connectivity index (χ3n) is 4.65. The van der Waals surface area contributed by atoms with Crippen molar-refractivity contribution < 1.29 is 9.59 Å². The average molecular weight is 223 g/mol. The van der Waals surface area contributed by atoms with Crippen LogP contribution in [0.1, 0.15) is 19.3 Å². The minimum absolute atomic E-state index is 0.00352. The number of piperidine rings is 1. The number of nitrogens with zero attached hydrogens (tertiary/aromatic N) is 2. The predicted octanol–water partition coefficient (Wildman–Crippen LogP) is 0.0209. The minimum atomic E-state index is -0.542. The van der Waals surface area contributed by atoms with Gasteiger partial charge in [0.25, 0.3) is 5.91 Å².